The molecule has 1 unspecified atom stereocenters. The number of hydrogen-bond acceptors (Lipinski definition) is 1. The first-order valence-electron chi connectivity index (χ1n) is 6.46. The molecule has 96 valence electrons. The van der Waals surface area contributed by atoms with E-state index in [-0.39, 0.29) is 23.4 Å². The molecule has 0 radical (unpaired) electrons. The van der Waals surface area contributed by atoms with Crippen molar-refractivity contribution in [1.29, 1.82) is 0 Å². The van der Waals surface area contributed by atoms with E-state index >= 15 is 0 Å². The van der Waals surface area contributed by atoms with Crippen LogP contribution < -0.4 is 5.32 Å². The second-order valence-electron chi connectivity index (χ2n) is 5.22. The van der Waals surface area contributed by atoms with Gasteiger partial charge in [-0.25, -0.2) is 8.78 Å². The largest absolute Gasteiger partial charge is 0.323 e. The summed E-state index contributed by atoms with van der Waals surface area (Å²) in [4.78, 5) is 12.0. The number of amides is 1. The summed E-state index contributed by atoms with van der Waals surface area (Å²) >= 11 is 0. The summed E-state index contributed by atoms with van der Waals surface area (Å²) in [6, 6.07) is 2.12. The Kier molecular flexibility index (Phi) is 2.80. The molecule has 1 N–H and O–H groups in total. The fourth-order valence-electron chi connectivity index (χ4n) is 3.25. The summed E-state index contributed by atoms with van der Waals surface area (Å²) in [5, 5.41) is 2.56. The van der Waals surface area contributed by atoms with Crippen LogP contribution in [0.5, 0.6) is 0 Å². The van der Waals surface area contributed by atoms with E-state index in [4.69, 9.17) is 0 Å². The molecule has 2 aliphatic rings. The predicted molar refractivity (Wildman–Crippen MR) is 64.3 cm³/mol. The van der Waals surface area contributed by atoms with E-state index in [1.807, 2.05) is 0 Å². The minimum absolute atomic E-state index is 0.178. The Morgan fingerprint density at radius 3 is 2.56 bits per heavy atom. The van der Waals surface area contributed by atoms with Crippen LogP contribution in [0.1, 0.15) is 43.6 Å². The smallest absolute Gasteiger partial charge is 0.232 e. The first-order valence-corrected chi connectivity index (χ1v) is 6.46. The standard InChI is InChI=1S/C14H15F2NO/c15-9-6-10-12(8-4-2-1-3-5-8)14(18)17-13(10)11(16)7-9/h6-8,12H,1-5H2,(H,17,18). The normalized spacial score (nSPS) is 23.9. The Morgan fingerprint density at radius 2 is 1.83 bits per heavy atom. The number of anilines is 1. The number of halogens is 2. The highest BCUT2D eigenvalue weighted by atomic mass is 19.1. The second-order valence-corrected chi connectivity index (χ2v) is 5.22. The van der Waals surface area contributed by atoms with Crippen molar-refractivity contribution in [3.05, 3.63) is 29.3 Å². The van der Waals surface area contributed by atoms with Crippen molar-refractivity contribution in [2.24, 2.45) is 5.92 Å². The molecular formula is C14H15F2NO. The monoisotopic (exact) mass is 251 g/mol. The second kappa shape index (κ2) is 4.34. The number of carbonyl (C=O) groups is 1. The van der Waals surface area contributed by atoms with Gasteiger partial charge in [0.15, 0.2) is 0 Å². The lowest BCUT2D eigenvalue weighted by atomic mass is 9.77. The van der Waals surface area contributed by atoms with Gasteiger partial charge in [-0.2, -0.15) is 0 Å². The van der Waals surface area contributed by atoms with Crippen LogP contribution in [0.3, 0.4) is 0 Å². The quantitative estimate of drug-likeness (QED) is 0.812. The molecule has 1 aromatic rings. The maximum atomic E-state index is 13.6. The van der Waals surface area contributed by atoms with Gasteiger partial charge in [-0.15, -0.1) is 0 Å². The van der Waals surface area contributed by atoms with Gasteiger partial charge in [0.05, 0.1) is 11.6 Å². The Balaban J connectivity index is 2.00. The summed E-state index contributed by atoms with van der Waals surface area (Å²) in [6.45, 7) is 0. The lowest BCUT2D eigenvalue weighted by Crippen LogP contribution is -2.22. The summed E-state index contributed by atoms with van der Waals surface area (Å²) in [7, 11) is 0. The van der Waals surface area contributed by atoms with E-state index in [1.54, 1.807) is 0 Å². The lowest BCUT2D eigenvalue weighted by Gasteiger charge is -2.26. The van der Waals surface area contributed by atoms with E-state index in [0.717, 1.165) is 31.7 Å². The van der Waals surface area contributed by atoms with Crippen molar-refractivity contribution in [1.82, 2.24) is 0 Å². The number of nitrogens with one attached hydrogen (secondary N) is 1. The van der Waals surface area contributed by atoms with Crippen molar-refractivity contribution in [2.45, 2.75) is 38.0 Å². The minimum Gasteiger partial charge on any atom is -0.323 e. The van der Waals surface area contributed by atoms with Crippen molar-refractivity contribution in [3.63, 3.8) is 0 Å². The van der Waals surface area contributed by atoms with Crippen LogP contribution in [0.2, 0.25) is 0 Å². The first-order chi connectivity index (χ1) is 8.66. The average molecular weight is 251 g/mol. The fourth-order valence-corrected chi connectivity index (χ4v) is 3.25. The van der Waals surface area contributed by atoms with Crippen LogP contribution in [0, 0.1) is 17.6 Å². The van der Waals surface area contributed by atoms with Gasteiger partial charge in [0, 0.05) is 6.07 Å². The number of carbonyl (C=O) groups excluding carboxylic acids is 1. The Morgan fingerprint density at radius 1 is 1.11 bits per heavy atom. The van der Waals surface area contributed by atoms with E-state index in [2.05, 4.69) is 5.32 Å². The number of rotatable bonds is 1. The molecule has 0 spiro atoms. The zero-order valence-corrected chi connectivity index (χ0v) is 10.0. The Labute approximate surface area is 104 Å². The van der Waals surface area contributed by atoms with E-state index in [1.165, 1.54) is 12.5 Å². The molecule has 0 saturated heterocycles. The van der Waals surface area contributed by atoms with Crippen LogP contribution in [0.15, 0.2) is 12.1 Å². The lowest BCUT2D eigenvalue weighted by molar-refractivity contribution is -0.118. The van der Waals surface area contributed by atoms with Crippen LogP contribution in [-0.4, -0.2) is 5.91 Å². The zero-order chi connectivity index (χ0) is 12.7. The molecule has 2 nitrogen and oxygen atoms in total. The van der Waals surface area contributed by atoms with E-state index in [9.17, 15) is 13.6 Å². The van der Waals surface area contributed by atoms with Gasteiger partial charge in [0.2, 0.25) is 5.91 Å². The van der Waals surface area contributed by atoms with Crippen LogP contribution >= 0.6 is 0 Å². The van der Waals surface area contributed by atoms with Crippen molar-refractivity contribution in [3.8, 4) is 0 Å². The van der Waals surface area contributed by atoms with Crippen molar-refractivity contribution in [2.75, 3.05) is 5.32 Å². The Bertz CT molecular complexity index is 495. The van der Waals surface area contributed by atoms with Gasteiger partial charge in [0.25, 0.3) is 0 Å². The molecule has 1 heterocycles. The molecule has 1 saturated carbocycles. The first kappa shape index (κ1) is 11.6. The fraction of sp³-hybridized carbons (Fsp3) is 0.500. The SMILES string of the molecule is O=C1Nc2c(F)cc(F)cc2C1C1CCCCC1. The van der Waals surface area contributed by atoms with E-state index in [0.29, 0.717) is 5.56 Å². The highest BCUT2D eigenvalue weighted by molar-refractivity contribution is 6.03. The van der Waals surface area contributed by atoms with Crippen molar-refractivity contribution >= 4 is 11.6 Å². The molecule has 1 aliphatic carbocycles. The average Bonchev–Trinajstić information content (AvgIpc) is 2.67. The molecule has 0 aromatic heterocycles. The summed E-state index contributed by atoms with van der Waals surface area (Å²) in [5.74, 6) is -1.60. The molecule has 18 heavy (non-hydrogen) atoms. The number of fused-ring (bicyclic) bond motifs is 1. The zero-order valence-electron chi connectivity index (χ0n) is 10.0. The molecule has 1 aromatic carbocycles. The van der Waals surface area contributed by atoms with E-state index < -0.39 is 11.6 Å². The van der Waals surface area contributed by atoms with Gasteiger partial charge in [0.1, 0.15) is 11.6 Å². The van der Waals surface area contributed by atoms with Gasteiger partial charge in [-0.1, -0.05) is 19.3 Å². The number of benzene rings is 1. The Hall–Kier alpha value is -1.45. The number of hydrogen-bond donors (Lipinski definition) is 1. The van der Waals surface area contributed by atoms with Crippen LogP contribution in [0.4, 0.5) is 14.5 Å². The predicted octanol–water partition coefficient (Wildman–Crippen LogP) is 3.58. The third-order valence-electron chi connectivity index (χ3n) is 4.07. The van der Waals surface area contributed by atoms with Crippen LogP contribution in [-0.2, 0) is 4.79 Å². The third kappa shape index (κ3) is 1.80. The molecule has 1 atom stereocenters. The van der Waals surface area contributed by atoms with Gasteiger partial charge in [-0.05, 0) is 30.4 Å². The molecular weight excluding hydrogens is 236 g/mol. The third-order valence-corrected chi connectivity index (χ3v) is 4.07. The highest BCUT2D eigenvalue weighted by Gasteiger charge is 2.38. The highest BCUT2D eigenvalue weighted by Crippen LogP contribution is 2.44. The summed E-state index contributed by atoms with van der Waals surface area (Å²) < 4.78 is 26.9. The minimum atomic E-state index is -0.670. The van der Waals surface area contributed by atoms with Gasteiger partial charge < -0.3 is 5.32 Å². The molecule has 3 rings (SSSR count). The summed E-state index contributed by atoms with van der Waals surface area (Å²) in [6.07, 6.45) is 5.32. The summed E-state index contributed by atoms with van der Waals surface area (Å²) in [5.41, 5.74) is 0.682. The topological polar surface area (TPSA) is 29.1 Å². The van der Waals surface area contributed by atoms with Gasteiger partial charge >= 0.3 is 0 Å². The molecule has 1 fully saturated rings. The van der Waals surface area contributed by atoms with Crippen molar-refractivity contribution < 1.29 is 13.6 Å². The van der Waals surface area contributed by atoms with Crippen LogP contribution in [0.25, 0.3) is 0 Å². The van der Waals surface area contributed by atoms with Gasteiger partial charge in [-0.3, -0.25) is 4.79 Å². The molecule has 0 bridgehead atoms. The molecule has 1 amide bonds. The molecule has 4 heteroatoms. The maximum absolute atomic E-state index is 13.6. The maximum Gasteiger partial charge on any atom is 0.232 e. The molecule has 1 aliphatic heterocycles.